The fraction of sp³-hybridized carbons (Fsp3) is 0.357. The van der Waals surface area contributed by atoms with Crippen molar-refractivity contribution in [1.29, 1.82) is 0 Å². The molecule has 2 aromatic carbocycles. The number of imide groups is 1. The predicted molar refractivity (Wildman–Crippen MR) is 138 cm³/mol. The largest absolute Gasteiger partial charge is 0.427 e. The Hall–Kier alpha value is -3.80. The van der Waals surface area contributed by atoms with Gasteiger partial charge in [0.1, 0.15) is 18.4 Å². The van der Waals surface area contributed by atoms with Gasteiger partial charge in [0, 0.05) is 18.5 Å². The molecule has 1 aliphatic heterocycles. The summed E-state index contributed by atoms with van der Waals surface area (Å²) in [4.78, 5) is 46.1. The monoisotopic (exact) mass is 575 g/mol. The minimum atomic E-state index is -4.77. The van der Waals surface area contributed by atoms with Crippen molar-refractivity contribution in [1.82, 2.24) is 14.8 Å². The molecule has 0 radical (unpaired) electrons. The van der Waals surface area contributed by atoms with Gasteiger partial charge in [-0.1, -0.05) is 24.3 Å². The van der Waals surface area contributed by atoms with Crippen molar-refractivity contribution < 1.29 is 36.7 Å². The van der Waals surface area contributed by atoms with Gasteiger partial charge in [0.15, 0.2) is 0 Å². The molecular weight excluding hydrogens is 550 g/mol. The van der Waals surface area contributed by atoms with Crippen molar-refractivity contribution in [2.24, 2.45) is 0 Å². The third-order valence-corrected chi connectivity index (χ3v) is 8.47. The lowest BCUT2D eigenvalue weighted by atomic mass is 9.94. The molecule has 1 aliphatic carbocycles. The number of carbonyl (C=O) groups is 3. The van der Waals surface area contributed by atoms with E-state index in [-0.39, 0.29) is 12.0 Å². The first-order chi connectivity index (χ1) is 18.8. The molecule has 0 saturated carbocycles. The van der Waals surface area contributed by atoms with Crippen molar-refractivity contribution >= 4 is 29.2 Å². The lowest BCUT2D eigenvalue weighted by molar-refractivity contribution is -0.187. The maximum absolute atomic E-state index is 13.7. The maximum Gasteiger partial charge on any atom is 0.418 e. The highest BCUT2D eigenvalue weighted by Crippen LogP contribution is 2.47. The molecule has 0 N–H and O–H groups in total. The number of carbonyl (C=O) groups excluding carboxylic acids is 3. The Morgan fingerprint density at radius 3 is 2.50 bits per heavy atom. The lowest BCUT2D eigenvalue weighted by Crippen LogP contribution is -2.51. The van der Waals surface area contributed by atoms with Crippen molar-refractivity contribution in [2.45, 2.75) is 58.0 Å². The number of halogens is 4. The van der Waals surface area contributed by atoms with Crippen LogP contribution in [0.2, 0.25) is 0 Å². The van der Waals surface area contributed by atoms with Gasteiger partial charge >= 0.3 is 12.3 Å². The molecule has 2 aliphatic rings. The summed E-state index contributed by atoms with van der Waals surface area (Å²) < 4.78 is 59.8. The van der Waals surface area contributed by atoms with Gasteiger partial charge in [-0.05, 0) is 62.1 Å². The summed E-state index contributed by atoms with van der Waals surface area (Å²) in [6, 6.07) is 7.91. The van der Waals surface area contributed by atoms with Gasteiger partial charge in [0.2, 0.25) is 11.5 Å². The Morgan fingerprint density at radius 1 is 1.18 bits per heavy atom. The van der Waals surface area contributed by atoms with Crippen LogP contribution in [-0.2, 0) is 32.9 Å². The summed E-state index contributed by atoms with van der Waals surface area (Å²) in [5.74, 6) is -2.47. The third kappa shape index (κ3) is 4.85. The average Bonchev–Trinajstić information content (AvgIpc) is 3.51. The molecule has 40 heavy (non-hydrogen) atoms. The van der Waals surface area contributed by atoms with E-state index in [1.807, 2.05) is 26.0 Å². The molecule has 1 aromatic heterocycles. The fourth-order valence-electron chi connectivity index (χ4n) is 5.22. The lowest BCUT2D eigenvalue weighted by Gasteiger charge is -2.31. The number of amides is 3. The van der Waals surface area contributed by atoms with Gasteiger partial charge in [-0.3, -0.25) is 9.59 Å². The van der Waals surface area contributed by atoms with E-state index in [1.54, 1.807) is 17.4 Å². The summed E-state index contributed by atoms with van der Waals surface area (Å²) in [7, 11) is 0. The second-order valence-electron chi connectivity index (χ2n) is 9.97. The molecule has 1 spiro atoms. The highest BCUT2D eigenvalue weighted by molar-refractivity contribution is 7.15. The average molecular weight is 576 g/mol. The molecule has 2 heterocycles. The van der Waals surface area contributed by atoms with Crippen LogP contribution in [-0.4, -0.2) is 51.5 Å². The van der Waals surface area contributed by atoms with Crippen LogP contribution in [0.5, 0.6) is 0 Å². The summed E-state index contributed by atoms with van der Waals surface area (Å²) in [6.07, 6.45) is -5.28. The van der Waals surface area contributed by atoms with Gasteiger partial charge in [-0.15, -0.1) is 11.3 Å². The van der Waals surface area contributed by atoms with Crippen molar-refractivity contribution in [3.63, 3.8) is 0 Å². The van der Waals surface area contributed by atoms with Crippen LogP contribution in [0.4, 0.5) is 22.4 Å². The number of alkyl halides is 3. The van der Waals surface area contributed by atoms with Gasteiger partial charge in [0.25, 0.3) is 5.91 Å². The molecule has 3 aromatic rings. The highest BCUT2D eigenvalue weighted by Gasteiger charge is 2.58. The molecule has 1 fully saturated rings. The molecule has 2 atom stereocenters. The van der Waals surface area contributed by atoms with E-state index in [2.05, 4.69) is 4.98 Å². The van der Waals surface area contributed by atoms with E-state index in [0.29, 0.717) is 21.8 Å². The first kappa shape index (κ1) is 27.8. The maximum atomic E-state index is 13.7. The zero-order valence-corrected chi connectivity index (χ0v) is 22.7. The fourth-order valence-corrected chi connectivity index (χ4v) is 6.14. The zero-order chi connectivity index (χ0) is 29.0. The molecule has 7 nitrogen and oxygen atoms in total. The summed E-state index contributed by atoms with van der Waals surface area (Å²) in [6.45, 7) is 3.21. The molecular formula is C28H25F4N3O4S. The second-order valence-corrected chi connectivity index (χ2v) is 11.2. The Balaban J connectivity index is 1.39. The highest BCUT2D eigenvalue weighted by atomic mass is 32.1. The number of aromatic nitrogens is 1. The van der Waals surface area contributed by atoms with Crippen LogP contribution in [0.1, 0.15) is 40.7 Å². The van der Waals surface area contributed by atoms with Crippen molar-refractivity contribution in [2.75, 3.05) is 6.54 Å². The molecule has 3 amide bonds. The summed E-state index contributed by atoms with van der Waals surface area (Å²) >= 11 is 1.54. The Kier molecular flexibility index (Phi) is 6.93. The Bertz CT molecular complexity index is 1500. The number of nitrogens with zero attached hydrogens (tertiary/aromatic N) is 3. The first-order valence-electron chi connectivity index (χ1n) is 12.5. The number of aryl methyl sites for hydroxylation is 3. The van der Waals surface area contributed by atoms with Crippen LogP contribution in [0.15, 0.2) is 42.5 Å². The van der Waals surface area contributed by atoms with E-state index < -0.39 is 54.6 Å². The number of benzene rings is 2. The standard InChI is InChI=1S/C28H25F4N3O4S/c1-15-24(40-17(3)33-15)20-6-9-22-19(12-20)10-11-27(22)25(37)35(26(38)39-27)14-23(36)34(16(2)28(30,31)32)13-18-4-7-21(29)8-5-18/h4-9,12,16H,10-11,13-14H2,1-3H3/t16-,27+/m0/s1. The van der Waals surface area contributed by atoms with E-state index in [1.165, 1.54) is 12.1 Å². The smallest absolute Gasteiger partial charge is 0.418 e. The number of hydrogen-bond acceptors (Lipinski definition) is 6. The molecule has 5 rings (SSSR count). The van der Waals surface area contributed by atoms with Crippen LogP contribution in [0.3, 0.4) is 0 Å². The van der Waals surface area contributed by atoms with Gasteiger partial charge in [-0.25, -0.2) is 19.1 Å². The summed E-state index contributed by atoms with van der Waals surface area (Å²) in [5, 5.41) is 0.915. The zero-order valence-electron chi connectivity index (χ0n) is 21.8. The van der Waals surface area contributed by atoms with Gasteiger partial charge in [0.05, 0.1) is 15.6 Å². The SMILES string of the molecule is Cc1nc(C)c(-c2ccc3c(c2)CC[C@@]32OC(=O)N(CC(=O)N(Cc3ccc(F)cc3)[C@@H](C)C(F)(F)F)C2=O)s1. The molecule has 0 unspecified atom stereocenters. The second kappa shape index (κ2) is 9.99. The number of fused-ring (bicyclic) bond motifs is 2. The number of thiazole rings is 1. The van der Waals surface area contributed by atoms with Crippen LogP contribution in [0.25, 0.3) is 10.4 Å². The number of rotatable bonds is 6. The molecule has 1 saturated heterocycles. The Morgan fingerprint density at radius 2 is 1.88 bits per heavy atom. The van der Waals surface area contributed by atoms with E-state index in [4.69, 9.17) is 4.74 Å². The van der Waals surface area contributed by atoms with Crippen molar-refractivity contribution in [3.05, 3.63) is 75.7 Å². The van der Waals surface area contributed by atoms with E-state index >= 15 is 0 Å². The minimum Gasteiger partial charge on any atom is -0.427 e. The van der Waals surface area contributed by atoms with E-state index in [9.17, 15) is 31.9 Å². The first-order valence-corrected chi connectivity index (χ1v) is 13.3. The molecule has 210 valence electrons. The molecule has 12 heteroatoms. The predicted octanol–water partition coefficient (Wildman–Crippen LogP) is 5.67. The third-order valence-electron chi connectivity index (χ3n) is 7.35. The van der Waals surface area contributed by atoms with Gasteiger partial charge in [-0.2, -0.15) is 13.2 Å². The van der Waals surface area contributed by atoms with Gasteiger partial charge < -0.3 is 9.64 Å². The normalized spacial score (nSPS) is 19.2. The van der Waals surface area contributed by atoms with E-state index in [0.717, 1.165) is 45.8 Å². The number of ether oxygens (including phenoxy) is 1. The Labute approximate surface area is 231 Å². The minimum absolute atomic E-state index is 0.153. The quantitative estimate of drug-likeness (QED) is 0.354. The van der Waals surface area contributed by atoms with Crippen LogP contribution >= 0.6 is 11.3 Å². The topological polar surface area (TPSA) is 79.8 Å². The summed E-state index contributed by atoms with van der Waals surface area (Å²) in [5.41, 5.74) is 1.71. The van der Waals surface area contributed by atoms with Crippen LogP contribution < -0.4 is 0 Å². The molecule has 0 bridgehead atoms. The number of hydrogen-bond donors (Lipinski definition) is 0. The van der Waals surface area contributed by atoms with Crippen molar-refractivity contribution in [3.8, 4) is 10.4 Å². The van der Waals surface area contributed by atoms with Crippen LogP contribution in [0, 0.1) is 19.7 Å².